The molecule has 0 radical (unpaired) electrons. The summed E-state index contributed by atoms with van der Waals surface area (Å²) in [7, 11) is 0. The fraction of sp³-hybridized carbons (Fsp3) is 0.750. The van der Waals surface area contributed by atoms with Crippen molar-refractivity contribution in [2.24, 2.45) is 0 Å². The molecule has 2 rings (SSSR count). The molecule has 1 unspecified atom stereocenters. The minimum Gasteiger partial charge on any atom is -0.389 e. The highest BCUT2D eigenvalue weighted by molar-refractivity contribution is 7.12. The topological polar surface area (TPSA) is 23.5 Å². The first-order valence-electron chi connectivity index (χ1n) is 7.67. The van der Waals surface area contributed by atoms with E-state index in [4.69, 9.17) is 0 Å². The summed E-state index contributed by atoms with van der Waals surface area (Å²) in [4.78, 5) is 5.28. The second-order valence-electron chi connectivity index (χ2n) is 5.82. The Morgan fingerprint density at radius 2 is 2.00 bits per heavy atom. The van der Waals surface area contributed by atoms with Crippen molar-refractivity contribution in [3.63, 3.8) is 0 Å². The highest BCUT2D eigenvalue weighted by Gasteiger charge is 2.30. The van der Waals surface area contributed by atoms with Crippen LogP contribution in [0.25, 0.3) is 0 Å². The normalized spacial score (nSPS) is 25.4. The number of thiophene rings is 1. The van der Waals surface area contributed by atoms with E-state index in [1.165, 1.54) is 22.7 Å². The van der Waals surface area contributed by atoms with E-state index >= 15 is 0 Å². The van der Waals surface area contributed by atoms with Gasteiger partial charge in [0, 0.05) is 22.7 Å². The van der Waals surface area contributed by atoms with E-state index in [0.717, 1.165) is 45.2 Å². The summed E-state index contributed by atoms with van der Waals surface area (Å²) >= 11 is 1.87. The Labute approximate surface area is 121 Å². The van der Waals surface area contributed by atoms with Gasteiger partial charge in [-0.2, -0.15) is 0 Å². The number of hydrogen-bond donors (Lipinski definition) is 1. The molecule has 0 spiro atoms. The Morgan fingerprint density at radius 3 is 2.68 bits per heavy atom. The Bertz CT molecular complexity index is 390. The molecule has 19 heavy (non-hydrogen) atoms. The molecule has 3 heteroatoms. The molecule has 2 nitrogen and oxygen atoms in total. The molecule has 1 aliphatic heterocycles. The van der Waals surface area contributed by atoms with Crippen molar-refractivity contribution in [3.05, 3.63) is 21.9 Å². The van der Waals surface area contributed by atoms with Gasteiger partial charge in [0.25, 0.3) is 0 Å². The number of likely N-dealkylation sites (tertiary alicyclic amines) is 1. The van der Waals surface area contributed by atoms with Crippen LogP contribution in [-0.2, 0) is 12.8 Å². The maximum absolute atomic E-state index is 10.9. The van der Waals surface area contributed by atoms with Gasteiger partial charge in [-0.25, -0.2) is 0 Å². The first kappa shape index (κ1) is 15.0. The van der Waals surface area contributed by atoms with Crippen LogP contribution in [0, 0.1) is 0 Å². The Hall–Kier alpha value is -0.380. The average Bonchev–Trinajstić information content (AvgIpc) is 2.75. The number of aliphatic hydroxyl groups is 1. The quantitative estimate of drug-likeness (QED) is 0.893. The molecule has 1 N–H and O–H groups in total. The van der Waals surface area contributed by atoms with Crippen LogP contribution in [0.5, 0.6) is 0 Å². The van der Waals surface area contributed by atoms with Gasteiger partial charge in [0.05, 0.1) is 5.60 Å². The third-order valence-electron chi connectivity index (χ3n) is 4.12. The Morgan fingerprint density at radius 1 is 1.21 bits per heavy atom. The first-order valence-corrected chi connectivity index (χ1v) is 8.49. The molecule has 0 aromatic carbocycles. The number of hydrogen-bond acceptors (Lipinski definition) is 3. The predicted octanol–water partition coefficient (Wildman–Crippen LogP) is 3.48. The highest BCUT2D eigenvalue weighted by Crippen LogP contribution is 2.29. The molecular weight excluding hydrogens is 254 g/mol. The molecule has 1 aliphatic rings. The summed E-state index contributed by atoms with van der Waals surface area (Å²) in [6, 6.07) is 4.42. The van der Waals surface area contributed by atoms with Crippen LogP contribution in [0.1, 0.15) is 49.3 Å². The lowest BCUT2D eigenvalue weighted by Gasteiger charge is -2.26. The fourth-order valence-electron chi connectivity index (χ4n) is 2.98. The van der Waals surface area contributed by atoms with Crippen molar-refractivity contribution in [3.8, 4) is 0 Å². The molecule has 0 aliphatic carbocycles. The molecular formula is C16H27NOS. The second kappa shape index (κ2) is 6.87. The third-order valence-corrected chi connectivity index (χ3v) is 5.35. The highest BCUT2D eigenvalue weighted by atomic mass is 32.1. The summed E-state index contributed by atoms with van der Waals surface area (Å²) in [6.45, 7) is 7.81. The summed E-state index contributed by atoms with van der Waals surface area (Å²) < 4.78 is 0. The lowest BCUT2D eigenvalue weighted by molar-refractivity contribution is 0.0264. The Balaban J connectivity index is 1.94. The van der Waals surface area contributed by atoms with Gasteiger partial charge in [-0.1, -0.05) is 13.8 Å². The van der Waals surface area contributed by atoms with Crippen LogP contribution >= 0.6 is 11.3 Å². The predicted molar refractivity (Wildman–Crippen MR) is 82.9 cm³/mol. The summed E-state index contributed by atoms with van der Waals surface area (Å²) in [6.07, 6.45) is 6.16. The van der Waals surface area contributed by atoms with E-state index < -0.39 is 5.60 Å². The van der Waals surface area contributed by atoms with Gasteiger partial charge in [0.15, 0.2) is 0 Å². The van der Waals surface area contributed by atoms with Crippen LogP contribution in [0.15, 0.2) is 12.1 Å². The largest absolute Gasteiger partial charge is 0.389 e. The molecule has 1 fully saturated rings. The van der Waals surface area contributed by atoms with E-state index in [9.17, 15) is 5.11 Å². The number of aryl methyl sites for hydroxylation is 1. The molecule has 0 amide bonds. The van der Waals surface area contributed by atoms with Gasteiger partial charge in [0.1, 0.15) is 0 Å². The fourth-order valence-corrected chi connectivity index (χ4v) is 4.08. The van der Waals surface area contributed by atoms with E-state index in [0.29, 0.717) is 0 Å². The van der Waals surface area contributed by atoms with Crippen molar-refractivity contribution in [2.45, 2.75) is 58.0 Å². The van der Waals surface area contributed by atoms with E-state index in [-0.39, 0.29) is 0 Å². The third kappa shape index (κ3) is 4.30. The van der Waals surface area contributed by atoms with Gasteiger partial charge >= 0.3 is 0 Å². The maximum Gasteiger partial charge on any atom is 0.0708 e. The van der Waals surface area contributed by atoms with Crippen molar-refractivity contribution < 1.29 is 5.11 Å². The van der Waals surface area contributed by atoms with Crippen molar-refractivity contribution >= 4 is 11.3 Å². The smallest absolute Gasteiger partial charge is 0.0708 e. The molecule has 1 aromatic rings. The van der Waals surface area contributed by atoms with Gasteiger partial charge in [-0.15, -0.1) is 11.3 Å². The molecule has 0 saturated carbocycles. The minimum absolute atomic E-state index is 0.474. The minimum atomic E-state index is -0.474. The monoisotopic (exact) mass is 281 g/mol. The van der Waals surface area contributed by atoms with Crippen LogP contribution in [0.2, 0.25) is 0 Å². The maximum atomic E-state index is 10.9. The average molecular weight is 281 g/mol. The van der Waals surface area contributed by atoms with Crippen molar-refractivity contribution in [2.75, 3.05) is 19.6 Å². The van der Waals surface area contributed by atoms with Crippen molar-refractivity contribution in [1.29, 1.82) is 0 Å². The van der Waals surface area contributed by atoms with Gasteiger partial charge in [0.2, 0.25) is 0 Å². The molecule has 108 valence electrons. The zero-order chi connectivity index (χ0) is 13.7. The lowest BCUT2D eigenvalue weighted by Crippen LogP contribution is -2.33. The standard InChI is InChI=1S/C16H27NOS/c1-3-10-17-11-5-8-16(18,9-12-17)13-15-7-6-14(4-2)19-15/h6-7,18H,3-5,8-13H2,1-2H3. The van der Waals surface area contributed by atoms with Gasteiger partial charge in [-0.3, -0.25) is 0 Å². The molecule has 0 bridgehead atoms. The number of nitrogens with zero attached hydrogens (tertiary/aromatic N) is 1. The summed E-state index contributed by atoms with van der Waals surface area (Å²) in [5.41, 5.74) is -0.474. The van der Waals surface area contributed by atoms with Crippen LogP contribution in [0.4, 0.5) is 0 Å². The zero-order valence-electron chi connectivity index (χ0n) is 12.3. The Kier molecular flexibility index (Phi) is 5.43. The van der Waals surface area contributed by atoms with E-state index in [2.05, 4.69) is 30.9 Å². The van der Waals surface area contributed by atoms with Crippen LogP contribution < -0.4 is 0 Å². The molecule has 1 aromatic heterocycles. The van der Waals surface area contributed by atoms with Gasteiger partial charge < -0.3 is 10.0 Å². The molecule has 1 atom stereocenters. The molecule has 2 heterocycles. The van der Waals surface area contributed by atoms with Crippen LogP contribution in [-0.4, -0.2) is 35.2 Å². The van der Waals surface area contributed by atoms with Crippen molar-refractivity contribution in [1.82, 2.24) is 4.90 Å². The zero-order valence-corrected chi connectivity index (χ0v) is 13.1. The lowest BCUT2D eigenvalue weighted by atomic mass is 9.90. The first-order chi connectivity index (χ1) is 9.15. The number of rotatable bonds is 5. The summed E-state index contributed by atoms with van der Waals surface area (Å²) in [5.74, 6) is 0. The van der Waals surface area contributed by atoms with Crippen LogP contribution in [0.3, 0.4) is 0 Å². The summed E-state index contributed by atoms with van der Waals surface area (Å²) in [5, 5.41) is 10.9. The SMILES string of the molecule is CCCN1CCCC(O)(Cc2ccc(CC)s2)CC1. The van der Waals surface area contributed by atoms with E-state index in [1.807, 2.05) is 11.3 Å². The van der Waals surface area contributed by atoms with Gasteiger partial charge in [-0.05, 0) is 57.3 Å². The molecule has 1 saturated heterocycles. The second-order valence-corrected chi connectivity index (χ2v) is 7.07. The van der Waals surface area contributed by atoms with E-state index in [1.54, 1.807) is 0 Å².